The molecule has 0 bridgehead atoms. The average molecular weight is 482 g/mol. The predicted molar refractivity (Wildman–Crippen MR) is 139 cm³/mol. The van der Waals surface area contributed by atoms with E-state index in [9.17, 15) is 9.59 Å². The summed E-state index contributed by atoms with van der Waals surface area (Å²) in [6.45, 7) is 0. The molecule has 0 heterocycles. The Bertz CT molecular complexity index is 1300. The van der Waals surface area contributed by atoms with E-state index in [1.165, 1.54) is 4.90 Å². The molecule has 0 spiro atoms. The standard InChI is InChI=1S/C30H27NO5/c1-34-25-15-9-21(10-16-25)28(29(32)22-11-17-26(35-2)18-12-22)31(24-7-5-4-6-8-24)30(33)23-13-19-27(36-3)20-14-23/h4-20,28H,1-3H3. The molecule has 0 radical (unpaired) electrons. The molecule has 6 heteroatoms. The third kappa shape index (κ3) is 5.23. The van der Waals surface area contributed by atoms with Crippen LogP contribution in [0.5, 0.6) is 17.2 Å². The summed E-state index contributed by atoms with van der Waals surface area (Å²) < 4.78 is 15.8. The SMILES string of the molecule is COc1ccc(C(=O)C(c2ccc(OC)cc2)N(C(=O)c2ccc(OC)cc2)c2ccccc2)cc1. The van der Waals surface area contributed by atoms with Gasteiger partial charge in [0.15, 0.2) is 5.78 Å². The maximum atomic E-state index is 14.1. The first kappa shape index (κ1) is 24.5. The van der Waals surface area contributed by atoms with Crippen molar-refractivity contribution in [3.05, 3.63) is 120 Å². The van der Waals surface area contributed by atoms with Gasteiger partial charge in [0.2, 0.25) is 0 Å². The van der Waals surface area contributed by atoms with Crippen molar-refractivity contribution in [1.82, 2.24) is 0 Å². The maximum absolute atomic E-state index is 14.1. The third-order valence-corrected chi connectivity index (χ3v) is 5.90. The zero-order chi connectivity index (χ0) is 25.5. The minimum absolute atomic E-state index is 0.228. The van der Waals surface area contributed by atoms with Gasteiger partial charge >= 0.3 is 0 Å². The minimum atomic E-state index is -0.929. The van der Waals surface area contributed by atoms with Gasteiger partial charge in [-0.15, -0.1) is 0 Å². The first-order chi connectivity index (χ1) is 17.5. The Morgan fingerprint density at radius 3 is 1.50 bits per heavy atom. The van der Waals surface area contributed by atoms with Crippen molar-refractivity contribution in [3.8, 4) is 17.2 Å². The largest absolute Gasteiger partial charge is 0.497 e. The van der Waals surface area contributed by atoms with E-state index < -0.39 is 6.04 Å². The van der Waals surface area contributed by atoms with Gasteiger partial charge in [0.05, 0.1) is 21.3 Å². The number of ketones is 1. The van der Waals surface area contributed by atoms with Crippen LogP contribution < -0.4 is 19.1 Å². The summed E-state index contributed by atoms with van der Waals surface area (Å²) >= 11 is 0. The topological polar surface area (TPSA) is 65.1 Å². The molecule has 0 saturated heterocycles. The number of ether oxygens (including phenoxy) is 3. The van der Waals surface area contributed by atoms with E-state index in [0.717, 1.165) is 0 Å². The Hall–Kier alpha value is -4.58. The van der Waals surface area contributed by atoms with E-state index in [1.54, 1.807) is 82.0 Å². The smallest absolute Gasteiger partial charge is 0.259 e. The van der Waals surface area contributed by atoms with E-state index >= 15 is 0 Å². The molecule has 0 fully saturated rings. The van der Waals surface area contributed by atoms with E-state index in [4.69, 9.17) is 14.2 Å². The summed E-state index contributed by atoms with van der Waals surface area (Å²) in [7, 11) is 4.72. The van der Waals surface area contributed by atoms with Crippen LogP contribution in [0.3, 0.4) is 0 Å². The molecule has 0 N–H and O–H groups in total. The summed E-state index contributed by atoms with van der Waals surface area (Å²) in [6, 6.07) is 29.2. The zero-order valence-electron chi connectivity index (χ0n) is 20.4. The summed E-state index contributed by atoms with van der Waals surface area (Å²) in [6.07, 6.45) is 0. The molecular formula is C30H27NO5. The van der Waals surface area contributed by atoms with Gasteiger partial charge in [-0.1, -0.05) is 30.3 Å². The summed E-state index contributed by atoms with van der Waals surface area (Å²) in [5.41, 5.74) is 2.14. The van der Waals surface area contributed by atoms with E-state index in [-0.39, 0.29) is 11.7 Å². The quantitative estimate of drug-likeness (QED) is 0.275. The van der Waals surface area contributed by atoms with Crippen LogP contribution in [0.1, 0.15) is 32.3 Å². The molecule has 0 saturated carbocycles. The average Bonchev–Trinajstić information content (AvgIpc) is 2.96. The molecule has 4 rings (SSSR count). The van der Waals surface area contributed by atoms with Crippen LogP contribution in [-0.4, -0.2) is 33.0 Å². The van der Waals surface area contributed by atoms with Crippen molar-refractivity contribution in [2.24, 2.45) is 0 Å². The fraction of sp³-hybridized carbons (Fsp3) is 0.133. The van der Waals surface area contributed by atoms with Gasteiger partial charge in [-0.05, 0) is 78.4 Å². The number of carbonyl (C=O) groups is 2. The summed E-state index contributed by atoms with van der Waals surface area (Å²) in [4.78, 5) is 29.6. The number of carbonyl (C=O) groups excluding carboxylic acids is 2. The lowest BCUT2D eigenvalue weighted by Gasteiger charge is -2.32. The first-order valence-electron chi connectivity index (χ1n) is 11.4. The van der Waals surface area contributed by atoms with E-state index in [0.29, 0.717) is 39.6 Å². The van der Waals surface area contributed by atoms with Crippen LogP contribution in [0.2, 0.25) is 0 Å². The van der Waals surface area contributed by atoms with Crippen molar-refractivity contribution >= 4 is 17.4 Å². The Balaban J connectivity index is 1.87. The molecule has 1 atom stereocenters. The van der Waals surface area contributed by atoms with E-state index in [1.807, 2.05) is 42.5 Å². The van der Waals surface area contributed by atoms with Crippen molar-refractivity contribution in [2.75, 3.05) is 26.2 Å². The maximum Gasteiger partial charge on any atom is 0.259 e. The summed E-state index contributed by atoms with van der Waals surface area (Å²) in [5.74, 6) is 1.39. The lowest BCUT2D eigenvalue weighted by molar-refractivity contribution is 0.0896. The number of rotatable bonds is 9. The van der Waals surface area contributed by atoms with Gasteiger partial charge in [-0.25, -0.2) is 0 Å². The number of hydrogen-bond acceptors (Lipinski definition) is 5. The molecule has 6 nitrogen and oxygen atoms in total. The van der Waals surface area contributed by atoms with Crippen LogP contribution in [0.4, 0.5) is 5.69 Å². The van der Waals surface area contributed by atoms with Gasteiger partial charge in [0.1, 0.15) is 23.3 Å². The second-order valence-corrected chi connectivity index (χ2v) is 8.01. The zero-order valence-corrected chi connectivity index (χ0v) is 20.4. The third-order valence-electron chi connectivity index (χ3n) is 5.90. The van der Waals surface area contributed by atoms with Gasteiger partial charge < -0.3 is 14.2 Å². The van der Waals surface area contributed by atoms with Gasteiger partial charge in [0.25, 0.3) is 5.91 Å². The highest BCUT2D eigenvalue weighted by Gasteiger charge is 2.34. The van der Waals surface area contributed by atoms with Crippen LogP contribution in [0.15, 0.2) is 103 Å². The number of amides is 1. The number of para-hydroxylation sites is 1. The molecule has 182 valence electrons. The van der Waals surface area contributed by atoms with Crippen LogP contribution in [0, 0.1) is 0 Å². The van der Waals surface area contributed by atoms with Crippen LogP contribution in [-0.2, 0) is 0 Å². The van der Waals surface area contributed by atoms with Crippen molar-refractivity contribution in [2.45, 2.75) is 6.04 Å². The normalized spacial score (nSPS) is 11.3. The number of hydrogen-bond donors (Lipinski definition) is 0. The predicted octanol–water partition coefficient (Wildman–Crippen LogP) is 5.98. The monoisotopic (exact) mass is 481 g/mol. The molecule has 1 amide bonds. The van der Waals surface area contributed by atoms with Gasteiger partial charge in [-0.2, -0.15) is 0 Å². The first-order valence-corrected chi connectivity index (χ1v) is 11.4. The Labute approximate surface area is 210 Å². The second kappa shape index (κ2) is 11.2. The lowest BCUT2D eigenvalue weighted by atomic mass is 9.94. The number of methoxy groups -OCH3 is 3. The lowest BCUT2D eigenvalue weighted by Crippen LogP contribution is -2.39. The molecule has 0 aliphatic carbocycles. The van der Waals surface area contributed by atoms with E-state index in [2.05, 4.69) is 0 Å². The highest BCUT2D eigenvalue weighted by molar-refractivity contribution is 6.13. The Morgan fingerprint density at radius 1 is 0.583 bits per heavy atom. The van der Waals surface area contributed by atoms with Crippen LogP contribution >= 0.6 is 0 Å². The highest BCUT2D eigenvalue weighted by atomic mass is 16.5. The molecule has 0 aliphatic rings. The molecule has 1 unspecified atom stereocenters. The molecule has 4 aromatic rings. The second-order valence-electron chi connectivity index (χ2n) is 8.01. The number of Topliss-reactive ketones (excluding diaryl/α,β-unsaturated/α-hetero) is 1. The number of benzene rings is 4. The molecular weight excluding hydrogens is 454 g/mol. The number of nitrogens with zero attached hydrogens (tertiary/aromatic N) is 1. The minimum Gasteiger partial charge on any atom is -0.497 e. The fourth-order valence-corrected chi connectivity index (χ4v) is 3.96. The molecule has 0 aromatic heterocycles. The van der Waals surface area contributed by atoms with Gasteiger partial charge in [0, 0.05) is 16.8 Å². The number of anilines is 1. The van der Waals surface area contributed by atoms with Crippen molar-refractivity contribution in [1.29, 1.82) is 0 Å². The van der Waals surface area contributed by atoms with Gasteiger partial charge in [-0.3, -0.25) is 14.5 Å². The fourth-order valence-electron chi connectivity index (χ4n) is 3.96. The van der Waals surface area contributed by atoms with Crippen molar-refractivity contribution in [3.63, 3.8) is 0 Å². The van der Waals surface area contributed by atoms with Crippen LogP contribution in [0.25, 0.3) is 0 Å². The molecule has 36 heavy (non-hydrogen) atoms. The highest BCUT2D eigenvalue weighted by Crippen LogP contribution is 2.33. The Morgan fingerprint density at radius 2 is 1.03 bits per heavy atom. The summed E-state index contributed by atoms with van der Waals surface area (Å²) in [5, 5.41) is 0. The Kier molecular flexibility index (Phi) is 7.66. The van der Waals surface area contributed by atoms with Crippen molar-refractivity contribution < 1.29 is 23.8 Å². The molecule has 0 aliphatic heterocycles. The molecule has 4 aromatic carbocycles.